The molecule has 4 unspecified atom stereocenters. The Balaban J connectivity index is 1.26. The van der Waals surface area contributed by atoms with Crippen molar-refractivity contribution in [1.29, 1.82) is 0 Å². The van der Waals surface area contributed by atoms with Gasteiger partial charge in [-0.3, -0.25) is 10.2 Å². The third-order valence-electron chi connectivity index (χ3n) is 8.55. The highest BCUT2D eigenvalue weighted by molar-refractivity contribution is 5.72. The summed E-state index contributed by atoms with van der Waals surface area (Å²) in [5, 5.41) is 11.6. The maximum absolute atomic E-state index is 14.8. The highest BCUT2D eigenvalue weighted by Gasteiger charge is 2.58. The van der Waals surface area contributed by atoms with E-state index in [-0.39, 0.29) is 29.2 Å². The van der Waals surface area contributed by atoms with Crippen LogP contribution in [0.5, 0.6) is 0 Å². The lowest BCUT2D eigenvalue weighted by atomic mass is 9.46. The molecule has 4 aliphatic carbocycles. The second-order valence-corrected chi connectivity index (χ2v) is 10.3. The molecule has 1 aromatic carbocycles. The van der Waals surface area contributed by atoms with Crippen molar-refractivity contribution in [3.63, 3.8) is 0 Å². The summed E-state index contributed by atoms with van der Waals surface area (Å²) in [4.78, 5) is 15.7. The number of hydrogen-bond donors (Lipinski definition) is 3. The number of benzene rings is 1. The van der Waals surface area contributed by atoms with Crippen LogP contribution in [0.2, 0.25) is 0 Å². The molecule has 1 aromatic heterocycles. The SMILES string of the molecule is CC(=O)NNC1C2CC3CC1CC(C(O)CC1c4c(F)cccc4-c4cncn41)(C3)C2. The van der Waals surface area contributed by atoms with E-state index in [1.54, 1.807) is 18.6 Å². The largest absolute Gasteiger partial charge is 0.392 e. The van der Waals surface area contributed by atoms with Crippen molar-refractivity contribution in [2.45, 2.75) is 63.6 Å². The monoisotopic (exact) mass is 424 g/mol. The van der Waals surface area contributed by atoms with Crippen LogP contribution in [0.4, 0.5) is 4.39 Å². The fraction of sp³-hybridized carbons (Fsp3) is 0.583. The van der Waals surface area contributed by atoms with Gasteiger partial charge < -0.3 is 9.67 Å². The molecule has 0 saturated heterocycles. The molecule has 4 saturated carbocycles. The summed E-state index contributed by atoms with van der Waals surface area (Å²) in [5.74, 6) is 1.29. The number of imidazole rings is 1. The number of amides is 1. The van der Waals surface area contributed by atoms with Gasteiger partial charge in [0, 0.05) is 24.1 Å². The summed E-state index contributed by atoms with van der Waals surface area (Å²) in [6.07, 6.45) is 8.87. The molecule has 4 fully saturated rings. The molecule has 4 bridgehead atoms. The van der Waals surface area contributed by atoms with E-state index in [1.165, 1.54) is 13.0 Å². The van der Waals surface area contributed by atoms with Crippen LogP contribution >= 0.6 is 0 Å². The van der Waals surface area contributed by atoms with Gasteiger partial charge in [0.05, 0.1) is 30.4 Å². The highest BCUT2D eigenvalue weighted by Crippen LogP contribution is 2.62. The molecule has 3 N–H and O–H groups in total. The van der Waals surface area contributed by atoms with Crippen LogP contribution in [-0.2, 0) is 4.79 Å². The van der Waals surface area contributed by atoms with E-state index in [2.05, 4.69) is 15.8 Å². The molecule has 2 heterocycles. The lowest BCUT2D eigenvalue weighted by Gasteiger charge is -2.61. The van der Waals surface area contributed by atoms with Crippen molar-refractivity contribution in [2.75, 3.05) is 0 Å². The summed E-state index contributed by atoms with van der Waals surface area (Å²) in [7, 11) is 0. The first-order chi connectivity index (χ1) is 14.9. The number of halogens is 1. The van der Waals surface area contributed by atoms with Crippen molar-refractivity contribution in [3.05, 3.63) is 42.1 Å². The van der Waals surface area contributed by atoms with E-state index < -0.39 is 6.10 Å². The Hall–Kier alpha value is -2.25. The third-order valence-corrected chi connectivity index (χ3v) is 8.55. The number of hydrogen-bond acceptors (Lipinski definition) is 4. The van der Waals surface area contributed by atoms with Gasteiger partial charge in [0.1, 0.15) is 5.82 Å². The van der Waals surface area contributed by atoms with E-state index in [1.807, 2.05) is 10.6 Å². The summed E-state index contributed by atoms with van der Waals surface area (Å²) in [6, 6.07) is 5.27. The molecule has 1 aliphatic heterocycles. The van der Waals surface area contributed by atoms with E-state index in [4.69, 9.17) is 0 Å². The number of nitrogens with zero attached hydrogens (tertiary/aromatic N) is 2. The number of hydrazine groups is 1. The highest BCUT2D eigenvalue weighted by atomic mass is 19.1. The van der Waals surface area contributed by atoms with Gasteiger partial charge in [-0.05, 0) is 67.8 Å². The van der Waals surface area contributed by atoms with Crippen LogP contribution in [0.25, 0.3) is 11.3 Å². The Kier molecular flexibility index (Phi) is 4.31. The summed E-state index contributed by atoms with van der Waals surface area (Å²) < 4.78 is 16.9. The predicted octanol–water partition coefficient (Wildman–Crippen LogP) is 3.18. The molecule has 7 rings (SSSR count). The van der Waals surface area contributed by atoms with Crippen LogP contribution in [-0.4, -0.2) is 32.7 Å². The third kappa shape index (κ3) is 2.89. The smallest absolute Gasteiger partial charge is 0.230 e. The molecule has 0 spiro atoms. The Morgan fingerprint density at radius 1 is 1.32 bits per heavy atom. The summed E-state index contributed by atoms with van der Waals surface area (Å²) >= 11 is 0. The van der Waals surface area contributed by atoms with Crippen LogP contribution in [0.15, 0.2) is 30.7 Å². The first-order valence-corrected chi connectivity index (χ1v) is 11.5. The summed E-state index contributed by atoms with van der Waals surface area (Å²) in [5.41, 5.74) is 8.47. The molecule has 164 valence electrons. The van der Waals surface area contributed by atoms with Gasteiger partial charge in [-0.15, -0.1) is 0 Å². The molecule has 7 heteroatoms. The molecular formula is C24H29FN4O2. The van der Waals surface area contributed by atoms with Gasteiger partial charge in [0.25, 0.3) is 0 Å². The van der Waals surface area contributed by atoms with Gasteiger partial charge in [-0.1, -0.05) is 12.1 Å². The first kappa shape index (κ1) is 19.4. The number of aromatic nitrogens is 2. The normalized spacial score (nSPS) is 35.6. The maximum atomic E-state index is 14.8. The van der Waals surface area contributed by atoms with E-state index >= 15 is 0 Å². The second kappa shape index (κ2) is 6.87. The topological polar surface area (TPSA) is 79.2 Å². The lowest BCUT2D eigenvalue weighted by Crippen LogP contribution is -2.63. The van der Waals surface area contributed by atoms with Crippen LogP contribution in [0.3, 0.4) is 0 Å². The zero-order chi connectivity index (χ0) is 21.3. The van der Waals surface area contributed by atoms with Crippen molar-refractivity contribution in [2.24, 2.45) is 23.2 Å². The molecule has 4 atom stereocenters. The number of rotatable bonds is 5. The average Bonchev–Trinajstić information content (AvgIpc) is 3.30. The number of aliphatic hydroxyl groups is 1. The molecular weight excluding hydrogens is 395 g/mol. The van der Waals surface area contributed by atoms with Gasteiger partial charge in [-0.25, -0.2) is 14.8 Å². The maximum Gasteiger partial charge on any atom is 0.230 e. The minimum absolute atomic E-state index is 0.0679. The van der Waals surface area contributed by atoms with Gasteiger partial charge in [-0.2, -0.15) is 0 Å². The van der Waals surface area contributed by atoms with Crippen LogP contribution < -0.4 is 10.9 Å². The van der Waals surface area contributed by atoms with Gasteiger partial charge in [0.2, 0.25) is 5.91 Å². The quantitative estimate of drug-likeness (QED) is 0.644. The Bertz CT molecular complexity index is 1020. The van der Waals surface area contributed by atoms with E-state index in [0.717, 1.165) is 43.4 Å². The summed E-state index contributed by atoms with van der Waals surface area (Å²) in [6.45, 7) is 1.53. The number of carbonyl (C=O) groups is 1. The molecule has 6 nitrogen and oxygen atoms in total. The minimum atomic E-state index is -0.492. The fourth-order valence-electron chi connectivity index (χ4n) is 7.61. The first-order valence-electron chi connectivity index (χ1n) is 11.5. The van der Waals surface area contributed by atoms with Crippen molar-refractivity contribution in [3.8, 4) is 11.3 Å². The van der Waals surface area contributed by atoms with Gasteiger partial charge in [0.15, 0.2) is 0 Å². The molecule has 1 amide bonds. The van der Waals surface area contributed by atoms with Crippen LogP contribution in [0, 0.1) is 29.0 Å². The Labute approximate surface area is 181 Å². The van der Waals surface area contributed by atoms with E-state index in [9.17, 15) is 14.3 Å². The zero-order valence-electron chi connectivity index (χ0n) is 17.7. The van der Waals surface area contributed by atoms with Gasteiger partial charge >= 0.3 is 0 Å². The molecule has 31 heavy (non-hydrogen) atoms. The average molecular weight is 425 g/mol. The molecule has 0 radical (unpaired) electrons. The van der Waals surface area contributed by atoms with Crippen molar-refractivity contribution < 1.29 is 14.3 Å². The number of aliphatic hydroxyl groups excluding tert-OH is 1. The standard InChI is InChI=1S/C24H29FN4O2/c1-13(30)27-28-23-15-5-14-6-16(23)10-24(8-14,9-15)21(31)7-19-22-17(3-2-4-18(22)25)20-11-26-12-29(19)20/h2-4,11-12,14-16,19,21,23,28,31H,5-10H2,1H3,(H,27,30). The van der Waals surface area contributed by atoms with E-state index in [0.29, 0.717) is 29.7 Å². The molecule has 2 aromatic rings. The minimum Gasteiger partial charge on any atom is -0.392 e. The zero-order valence-corrected chi connectivity index (χ0v) is 17.7. The number of carbonyl (C=O) groups excluding carboxylic acids is 1. The number of fused-ring (bicyclic) bond motifs is 3. The predicted molar refractivity (Wildman–Crippen MR) is 113 cm³/mol. The lowest BCUT2D eigenvalue weighted by molar-refractivity contribution is -0.142. The Morgan fingerprint density at radius 3 is 2.84 bits per heavy atom. The Morgan fingerprint density at radius 2 is 2.10 bits per heavy atom. The molecule has 5 aliphatic rings. The van der Waals surface area contributed by atoms with Crippen molar-refractivity contribution >= 4 is 5.91 Å². The van der Waals surface area contributed by atoms with Crippen LogP contribution in [0.1, 0.15) is 57.1 Å². The second-order valence-electron chi connectivity index (χ2n) is 10.3. The number of nitrogens with one attached hydrogen (secondary N) is 2. The fourth-order valence-corrected chi connectivity index (χ4v) is 7.61. The van der Waals surface area contributed by atoms with Crippen molar-refractivity contribution in [1.82, 2.24) is 20.4 Å².